The fraction of sp³-hybridized carbons (Fsp3) is 0.348. The van der Waals surface area contributed by atoms with Crippen LogP contribution in [0, 0.1) is 12.8 Å². The fourth-order valence-corrected chi connectivity index (χ4v) is 3.04. The van der Waals surface area contributed by atoms with Gasteiger partial charge in [-0.05, 0) is 43.2 Å². The van der Waals surface area contributed by atoms with Crippen LogP contribution in [0.1, 0.15) is 40.1 Å². The highest BCUT2D eigenvalue weighted by molar-refractivity contribution is 6.00. The standard InChI is InChI=1S/C23H25NO6/c1-14(2)21(24-22(26)17-6-4-5-15(3)11-17)23(27)30-13-18(25)16-7-8-19-20(12-16)29-10-9-28-19/h4-8,11-12,14,21H,9-10,13H2,1-3H3,(H,24,26)/t21-/m0/s1. The van der Waals surface area contributed by atoms with Crippen molar-refractivity contribution in [1.29, 1.82) is 0 Å². The second kappa shape index (κ2) is 9.43. The minimum absolute atomic E-state index is 0.212. The number of aryl methyl sites for hydroxylation is 1. The van der Waals surface area contributed by atoms with Crippen molar-refractivity contribution in [2.75, 3.05) is 19.8 Å². The average molecular weight is 411 g/mol. The molecule has 30 heavy (non-hydrogen) atoms. The van der Waals surface area contributed by atoms with Gasteiger partial charge in [-0.2, -0.15) is 0 Å². The van der Waals surface area contributed by atoms with Crippen molar-refractivity contribution >= 4 is 17.7 Å². The van der Waals surface area contributed by atoms with E-state index in [4.69, 9.17) is 14.2 Å². The van der Waals surface area contributed by atoms with Crippen LogP contribution in [-0.4, -0.2) is 43.5 Å². The Morgan fingerprint density at radius 3 is 2.43 bits per heavy atom. The summed E-state index contributed by atoms with van der Waals surface area (Å²) in [6.45, 7) is 5.92. The molecule has 0 unspecified atom stereocenters. The van der Waals surface area contributed by atoms with Crippen LogP contribution >= 0.6 is 0 Å². The van der Waals surface area contributed by atoms with Gasteiger partial charge in [-0.3, -0.25) is 9.59 Å². The van der Waals surface area contributed by atoms with Crippen LogP contribution < -0.4 is 14.8 Å². The molecule has 0 spiro atoms. The number of esters is 1. The van der Waals surface area contributed by atoms with Gasteiger partial charge in [0.2, 0.25) is 0 Å². The first-order valence-corrected chi connectivity index (χ1v) is 9.82. The van der Waals surface area contributed by atoms with Gasteiger partial charge in [0.25, 0.3) is 5.91 Å². The maximum atomic E-state index is 12.6. The number of hydrogen-bond acceptors (Lipinski definition) is 6. The number of fused-ring (bicyclic) bond motifs is 1. The van der Waals surface area contributed by atoms with Gasteiger partial charge in [0.15, 0.2) is 23.9 Å². The SMILES string of the molecule is Cc1cccc(C(=O)N[C@H](C(=O)OCC(=O)c2ccc3c(c2)OCCO3)C(C)C)c1. The lowest BCUT2D eigenvalue weighted by molar-refractivity contribution is -0.145. The highest BCUT2D eigenvalue weighted by Crippen LogP contribution is 2.30. The summed E-state index contributed by atoms with van der Waals surface area (Å²) in [5, 5.41) is 2.70. The highest BCUT2D eigenvalue weighted by atomic mass is 16.6. The van der Waals surface area contributed by atoms with Crippen LogP contribution in [0.15, 0.2) is 42.5 Å². The van der Waals surface area contributed by atoms with E-state index >= 15 is 0 Å². The zero-order valence-corrected chi connectivity index (χ0v) is 17.3. The normalized spacial score (nSPS) is 13.5. The molecule has 0 saturated carbocycles. The molecule has 7 heteroatoms. The number of carbonyl (C=O) groups is 3. The van der Waals surface area contributed by atoms with Crippen LogP contribution in [0.2, 0.25) is 0 Å². The zero-order chi connectivity index (χ0) is 21.7. The first-order chi connectivity index (χ1) is 14.3. The minimum Gasteiger partial charge on any atom is -0.486 e. The van der Waals surface area contributed by atoms with Crippen molar-refractivity contribution in [3.63, 3.8) is 0 Å². The van der Waals surface area contributed by atoms with E-state index < -0.39 is 18.6 Å². The maximum Gasteiger partial charge on any atom is 0.329 e. The Labute approximate surface area is 175 Å². The molecule has 158 valence electrons. The van der Waals surface area contributed by atoms with Gasteiger partial charge in [-0.1, -0.05) is 31.5 Å². The van der Waals surface area contributed by atoms with Crippen molar-refractivity contribution in [3.05, 3.63) is 59.2 Å². The van der Waals surface area contributed by atoms with Gasteiger partial charge in [0.05, 0.1) is 0 Å². The first kappa shape index (κ1) is 21.4. The second-order valence-corrected chi connectivity index (χ2v) is 7.45. The molecule has 1 atom stereocenters. The number of Topliss-reactive ketones (excluding diaryl/α,β-unsaturated/α-hetero) is 1. The van der Waals surface area contributed by atoms with E-state index in [2.05, 4.69) is 5.32 Å². The predicted molar refractivity (Wildman–Crippen MR) is 110 cm³/mol. The zero-order valence-electron chi connectivity index (χ0n) is 17.3. The molecular formula is C23H25NO6. The van der Waals surface area contributed by atoms with Crippen molar-refractivity contribution in [1.82, 2.24) is 5.32 Å². The summed E-state index contributed by atoms with van der Waals surface area (Å²) in [7, 11) is 0. The molecule has 2 aromatic carbocycles. The van der Waals surface area contributed by atoms with Crippen LogP contribution in [0.5, 0.6) is 11.5 Å². The Balaban J connectivity index is 1.61. The molecule has 2 aromatic rings. The lowest BCUT2D eigenvalue weighted by Crippen LogP contribution is -2.45. The number of hydrogen-bond donors (Lipinski definition) is 1. The Morgan fingerprint density at radius 2 is 1.73 bits per heavy atom. The third kappa shape index (κ3) is 5.17. The minimum atomic E-state index is -0.869. The van der Waals surface area contributed by atoms with Gasteiger partial charge < -0.3 is 19.5 Å². The fourth-order valence-electron chi connectivity index (χ4n) is 3.04. The maximum absolute atomic E-state index is 12.6. The topological polar surface area (TPSA) is 90.9 Å². The highest BCUT2D eigenvalue weighted by Gasteiger charge is 2.27. The number of benzene rings is 2. The Bertz CT molecular complexity index is 952. The third-order valence-electron chi connectivity index (χ3n) is 4.70. The Kier molecular flexibility index (Phi) is 6.72. The molecule has 1 amide bonds. The van der Waals surface area contributed by atoms with Gasteiger partial charge in [0.1, 0.15) is 19.3 Å². The molecule has 0 bridgehead atoms. The van der Waals surface area contributed by atoms with E-state index in [1.807, 2.05) is 13.0 Å². The Morgan fingerprint density at radius 1 is 1.00 bits per heavy atom. The number of rotatable bonds is 7. The van der Waals surface area contributed by atoms with Crippen LogP contribution in [0.3, 0.4) is 0 Å². The molecular weight excluding hydrogens is 386 g/mol. The second-order valence-electron chi connectivity index (χ2n) is 7.45. The Hall–Kier alpha value is -3.35. The van der Waals surface area contributed by atoms with E-state index in [1.165, 1.54) is 0 Å². The molecule has 0 fully saturated rings. The average Bonchev–Trinajstić information content (AvgIpc) is 2.74. The molecule has 0 saturated heterocycles. The monoisotopic (exact) mass is 411 g/mol. The number of ether oxygens (including phenoxy) is 3. The van der Waals surface area contributed by atoms with E-state index in [9.17, 15) is 14.4 Å². The molecule has 0 aromatic heterocycles. The van der Waals surface area contributed by atoms with E-state index in [0.717, 1.165) is 5.56 Å². The van der Waals surface area contributed by atoms with E-state index in [1.54, 1.807) is 50.2 Å². The van der Waals surface area contributed by atoms with Gasteiger partial charge in [-0.15, -0.1) is 0 Å². The molecule has 1 aliphatic rings. The van der Waals surface area contributed by atoms with Gasteiger partial charge in [0, 0.05) is 11.1 Å². The third-order valence-corrected chi connectivity index (χ3v) is 4.70. The number of amides is 1. The molecule has 1 N–H and O–H groups in total. The van der Waals surface area contributed by atoms with Crippen molar-refractivity contribution in [2.45, 2.75) is 26.8 Å². The van der Waals surface area contributed by atoms with E-state index in [0.29, 0.717) is 35.8 Å². The largest absolute Gasteiger partial charge is 0.486 e. The van der Waals surface area contributed by atoms with Crippen LogP contribution in [0.25, 0.3) is 0 Å². The number of carbonyl (C=O) groups excluding carboxylic acids is 3. The summed E-state index contributed by atoms with van der Waals surface area (Å²) < 4.78 is 16.1. The molecule has 0 aliphatic carbocycles. The summed E-state index contributed by atoms with van der Waals surface area (Å²) in [6, 6.07) is 11.0. The summed E-state index contributed by atoms with van der Waals surface area (Å²) >= 11 is 0. The number of nitrogens with one attached hydrogen (secondary N) is 1. The molecule has 0 radical (unpaired) electrons. The lowest BCUT2D eigenvalue weighted by Gasteiger charge is -2.21. The predicted octanol–water partition coefficient (Wildman–Crippen LogP) is 2.95. The lowest BCUT2D eigenvalue weighted by atomic mass is 10.0. The van der Waals surface area contributed by atoms with Crippen LogP contribution in [0.4, 0.5) is 0 Å². The number of ketones is 1. The smallest absolute Gasteiger partial charge is 0.329 e. The summed E-state index contributed by atoms with van der Waals surface area (Å²) in [4.78, 5) is 37.5. The van der Waals surface area contributed by atoms with Crippen molar-refractivity contribution < 1.29 is 28.6 Å². The van der Waals surface area contributed by atoms with Crippen molar-refractivity contribution in [3.8, 4) is 11.5 Å². The summed E-state index contributed by atoms with van der Waals surface area (Å²) in [5.74, 6) is -0.537. The quantitative estimate of drug-likeness (QED) is 0.556. The summed E-state index contributed by atoms with van der Waals surface area (Å²) in [6.07, 6.45) is 0. The summed E-state index contributed by atoms with van der Waals surface area (Å²) in [5.41, 5.74) is 1.76. The molecule has 7 nitrogen and oxygen atoms in total. The van der Waals surface area contributed by atoms with Crippen LogP contribution in [-0.2, 0) is 9.53 Å². The molecule has 3 rings (SSSR count). The van der Waals surface area contributed by atoms with Gasteiger partial charge in [-0.25, -0.2) is 4.79 Å². The molecule has 1 aliphatic heterocycles. The van der Waals surface area contributed by atoms with E-state index in [-0.39, 0.29) is 17.6 Å². The first-order valence-electron chi connectivity index (χ1n) is 9.82. The van der Waals surface area contributed by atoms with Crippen molar-refractivity contribution in [2.24, 2.45) is 5.92 Å². The molecule has 1 heterocycles. The van der Waals surface area contributed by atoms with Gasteiger partial charge >= 0.3 is 5.97 Å².